The van der Waals surface area contributed by atoms with Gasteiger partial charge in [0.25, 0.3) is 0 Å². The van der Waals surface area contributed by atoms with E-state index in [4.69, 9.17) is 25.9 Å². The van der Waals surface area contributed by atoms with E-state index in [0.717, 1.165) is 23.8 Å². The van der Waals surface area contributed by atoms with E-state index < -0.39 is 5.97 Å². The maximum Gasteiger partial charge on any atom is 0.304 e. The Bertz CT molecular complexity index is 655. The number of carboxylic acid groups (broad SMARTS) is 1. The van der Waals surface area contributed by atoms with Crippen molar-refractivity contribution in [1.82, 2.24) is 0 Å². The van der Waals surface area contributed by atoms with E-state index in [0.29, 0.717) is 16.4 Å². The van der Waals surface area contributed by atoms with Gasteiger partial charge >= 0.3 is 5.97 Å². The van der Waals surface area contributed by atoms with Gasteiger partial charge in [0.05, 0.1) is 24.8 Å². The second-order valence-electron chi connectivity index (χ2n) is 4.95. The molecule has 1 aliphatic rings. The van der Waals surface area contributed by atoms with Crippen molar-refractivity contribution in [2.75, 3.05) is 7.11 Å². The zero-order chi connectivity index (χ0) is 13.6. The molecule has 1 N–H and O–H groups in total. The van der Waals surface area contributed by atoms with Crippen molar-refractivity contribution < 1.29 is 19.1 Å². The van der Waals surface area contributed by atoms with E-state index in [1.165, 1.54) is 0 Å². The molecule has 2 aromatic rings. The molecule has 0 amide bonds. The molecule has 1 heterocycles. The van der Waals surface area contributed by atoms with Crippen LogP contribution in [0.5, 0.6) is 5.75 Å². The zero-order valence-electron chi connectivity index (χ0n) is 10.4. The van der Waals surface area contributed by atoms with Crippen molar-refractivity contribution in [3.05, 3.63) is 29.0 Å². The van der Waals surface area contributed by atoms with Crippen LogP contribution in [0.25, 0.3) is 11.0 Å². The average molecular weight is 281 g/mol. The summed E-state index contributed by atoms with van der Waals surface area (Å²) in [5.74, 6) is -0.212. The first-order chi connectivity index (χ1) is 9.07. The van der Waals surface area contributed by atoms with Crippen LogP contribution in [0, 0.1) is 0 Å². The highest BCUT2D eigenvalue weighted by atomic mass is 35.5. The first-order valence-corrected chi connectivity index (χ1v) is 6.41. The van der Waals surface area contributed by atoms with Crippen LogP contribution in [-0.4, -0.2) is 18.2 Å². The minimum absolute atomic E-state index is 0.0965. The molecule has 0 unspecified atom stereocenters. The van der Waals surface area contributed by atoms with E-state index in [9.17, 15) is 4.79 Å². The lowest BCUT2D eigenvalue weighted by molar-refractivity contribution is -0.137. The summed E-state index contributed by atoms with van der Waals surface area (Å²) in [7, 11) is 1.56. The van der Waals surface area contributed by atoms with Crippen molar-refractivity contribution in [2.45, 2.75) is 24.7 Å². The molecular weight excluding hydrogens is 268 g/mol. The summed E-state index contributed by atoms with van der Waals surface area (Å²) in [5, 5.41) is 10.4. The van der Waals surface area contributed by atoms with Gasteiger partial charge in [-0.3, -0.25) is 4.79 Å². The lowest BCUT2D eigenvalue weighted by Gasteiger charge is -2.16. The van der Waals surface area contributed by atoms with Crippen molar-refractivity contribution in [2.24, 2.45) is 0 Å². The van der Waals surface area contributed by atoms with Crippen LogP contribution in [0.3, 0.4) is 0 Å². The molecule has 0 saturated heterocycles. The molecule has 1 aliphatic carbocycles. The highest BCUT2D eigenvalue weighted by Crippen LogP contribution is 2.55. The highest BCUT2D eigenvalue weighted by molar-refractivity contribution is 6.36. The van der Waals surface area contributed by atoms with Gasteiger partial charge in [-0.25, -0.2) is 0 Å². The van der Waals surface area contributed by atoms with E-state index in [2.05, 4.69) is 0 Å². The molecule has 1 aromatic heterocycles. The molecule has 4 nitrogen and oxygen atoms in total. The predicted octanol–water partition coefficient (Wildman–Crippen LogP) is 3.60. The molecule has 5 heteroatoms. The van der Waals surface area contributed by atoms with Crippen molar-refractivity contribution in [3.8, 4) is 5.75 Å². The van der Waals surface area contributed by atoms with Gasteiger partial charge in [-0.05, 0) is 30.5 Å². The molecule has 1 saturated carbocycles. The normalized spacial score (nSPS) is 16.5. The number of halogens is 1. The van der Waals surface area contributed by atoms with Crippen molar-refractivity contribution >= 4 is 28.5 Å². The number of hydrogen-bond donors (Lipinski definition) is 1. The fourth-order valence-electron chi connectivity index (χ4n) is 2.60. The smallest absolute Gasteiger partial charge is 0.304 e. The molecule has 1 fully saturated rings. The number of ether oxygens (including phenoxy) is 1. The Kier molecular flexibility index (Phi) is 2.71. The van der Waals surface area contributed by atoms with Crippen LogP contribution in [0.15, 0.2) is 22.8 Å². The Morgan fingerprint density at radius 3 is 2.89 bits per heavy atom. The highest BCUT2D eigenvalue weighted by Gasteiger charge is 2.48. The average Bonchev–Trinajstić information content (AvgIpc) is 2.95. The van der Waals surface area contributed by atoms with E-state index >= 15 is 0 Å². The van der Waals surface area contributed by atoms with E-state index in [1.807, 2.05) is 6.07 Å². The van der Waals surface area contributed by atoms with Crippen LogP contribution in [0.4, 0.5) is 0 Å². The van der Waals surface area contributed by atoms with Gasteiger partial charge in [0.2, 0.25) is 0 Å². The van der Waals surface area contributed by atoms with Crippen molar-refractivity contribution in [1.29, 1.82) is 0 Å². The number of aliphatic carboxylic acids is 1. The quantitative estimate of drug-likeness (QED) is 0.929. The zero-order valence-corrected chi connectivity index (χ0v) is 11.2. The largest absolute Gasteiger partial charge is 0.493 e. The molecule has 0 aliphatic heterocycles. The number of benzene rings is 1. The molecule has 1 aromatic carbocycles. The van der Waals surface area contributed by atoms with E-state index in [1.54, 1.807) is 19.4 Å². The second kappa shape index (κ2) is 4.17. The summed E-state index contributed by atoms with van der Waals surface area (Å²) in [4.78, 5) is 11.0. The van der Waals surface area contributed by atoms with Crippen molar-refractivity contribution in [3.63, 3.8) is 0 Å². The second-order valence-corrected chi connectivity index (χ2v) is 5.33. The molecule has 0 radical (unpaired) electrons. The standard InChI is InChI=1S/C14H13ClO4/c1-18-10-6-9(14(3-4-14)7-11(16)17)12(15)8-2-5-19-13(8)10/h2,5-6H,3-4,7H2,1H3,(H,16,17). The number of hydrogen-bond acceptors (Lipinski definition) is 3. The van der Waals surface area contributed by atoms with Crippen LogP contribution >= 0.6 is 11.6 Å². The molecule has 3 rings (SSSR count). The summed E-state index contributed by atoms with van der Waals surface area (Å²) >= 11 is 6.41. The number of carbonyl (C=O) groups is 1. The van der Waals surface area contributed by atoms with Crippen LogP contribution in [-0.2, 0) is 10.2 Å². The van der Waals surface area contributed by atoms with Gasteiger partial charge in [-0.15, -0.1) is 0 Å². The topological polar surface area (TPSA) is 59.7 Å². The Morgan fingerprint density at radius 2 is 2.32 bits per heavy atom. The maximum atomic E-state index is 11.0. The fraction of sp³-hybridized carbons (Fsp3) is 0.357. The van der Waals surface area contributed by atoms with Gasteiger partial charge in [-0.1, -0.05) is 11.6 Å². The molecular formula is C14H13ClO4. The fourth-order valence-corrected chi connectivity index (χ4v) is 3.00. The molecule has 19 heavy (non-hydrogen) atoms. The minimum atomic E-state index is -0.806. The van der Waals surface area contributed by atoms with Crippen LogP contribution in [0.1, 0.15) is 24.8 Å². The van der Waals surface area contributed by atoms with Crippen LogP contribution < -0.4 is 4.74 Å². The lowest BCUT2D eigenvalue weighted by Crippen LogP contribution is -2.13. The third-order valence-corrected chi connectivity index (χ3v) is 4.18. The molecule has 0 spiro atoms. The summed E-state index contributed by atoms with van der Waals surface area (Å²) in [6, 6.07) is 3.59. The Balaban J connectivity index is 2.18. The van der Waals surface area contributed by atoms with Gasteiger partial charge in [0, 0.05) is 10.8 Å². The van der Waals surface area contributed by atoms with Crippen LogP contribution in [0.2, 0.25) is 5.02 Å². The SMILES string of the molecule is COc1cc(C2(CC(=O)O)CC2)c(Cl)c2ccoc12. The van der Waals surface area contributed by atoms with Gasteiger partial charge in [-0.2, -0.15) is 0 Å². The van der Waals surface area contributed by atoms with Gasteiger partial charge < -0.3 is 14.3 Å². The number of fused-ring (bicyclic) bond motifs is 1. The van der Waals surface area contributed by atoms with Gasteiger partial charge in [0.15, 0.2) is 11.3 Å². The summed E-state index contributed by atoms with van der Waals surface area (Å²) < 4.78 is 10.7. The number of methoxy groups -OCH3 is 1. The molecule has 0 bridgehead atoms. The Morgan fingerprint density at radius 1 is 1.58 bits per heavy atom. The third-order valence-electron chi connectivity index (χ3n) is 3.77. The minimum Gasteiger partial charge on any atom is -0.493 e. The van der Waals surface area contributed by atoms with E-state index in [-0.39, 0.29) is 11.8 Å². The first-order valence-electron chi connectivity index (χ1n) is 6.03. The Hall–Kier alpha value is -1.68. The summed E-state index contributed by atoms with van der Waals surface area (Å²) in [5.41, 5.74) is 1.10. The predicted molar refractivity (Wildman–Crippen MR) is 70.9 cm³/mol. The summed E-state index contributed by atoms with van der Waals surface area (Å²) in [6.45, 7) is 0. The number of rotatable bonds is 4. The van der Waals surface area contributed by atoms with Gasteiger partial charge in [0.1, 0.15) is 0 Å². The monoisotopic (exact) mass is 280 g/mol. The maximum absolute atomic E-state index is 11.0. The number of furan rings is 1. The first kappa shape index (κ1) is 12.4. The molecule has 100 valence electrons. The third kappa shape index (κ3) is 1.87. The lowest BCUT2D eigenvalue weighted by atomic mass is 9.91. The number of carboxylic acids is 1. The Labute approximate surface area is 114 Å². The molecule has 0 atom stereocenters. The summed E-state index contributed by atoms with van der Waals surface area (Å²) in [6.07, 6.45) is 3.33.